The minimum atomic E-state index is -0.362. The summed E-state index contributed by atoms with van der Waals surface area (Å²) < 4.78 is 13.8. The van der Waals surface area contributed by atoms with Crippen LogP contribution in [0.2, 0.25) is 0 Å². The summed E-state index contributed by atoms with van der Waals surface area (Å²) in [5.74, 6) is -0.634. The molecule has 1 aliphatic heterocycles. The summed E-state index contributed by atoms with van der Waals surface area (Å²) in [5, 5.41) is 34.0. The highest BCUT2D eigenvalue weighted by atomic mass is 19.1. The largest absolute Gasteiger partial charge is 0.872 e. The van der Waals surface area contributed by atoms with Gasteiger partial charge in [-0.2, -0.15) is 5.10 Å². The fourth-order valence-corrected chi connectivity index (χ4v) is 2.42. The van der Waals surface area contributed by atoms with Crippen molar-refractivity contribution >= 4 is 11.4 Å². The highest BCUT2D eigenvalue weighted by Crippen LogP contribution is 2.30. The quantitative estimate of drug-likeness (QED) is 0.754. The second-order valence-electron chi connectivity index (χ2n) is 4.94. The fraction of sp³-hybridized carbons (Fsp3) is 0.133. The normalized spacial score (nSPS) is 17.0. The van der Waals surface area contributed by atoms with E-state index in [-0.39, 0.29) is 34.1 Å². The van der Waals surface area contributed by atoms with Gasteiger partial charge in [0.15, 0.2) is 0 Å². The molecular weight excluding hydrogens is 289 g/mol. The van der Waals surface area contributed by atoms with Gasteiger partial charge in [0.25, 0.3) is 0 Å². The van der Waals surface area contributed by atoms with Crippen molar-refractivity contribution in [1.82, 2.24) is 5.43 Å². The van der Waals surface area contributed by atoms with Crippen molar-refractivity contribution in [2.45, 2.75) is 12.5 Å². The second-order valence-corrected chi connectivity index (χ2v) is 4.94. The van der Waals surface area contributed by atoms with Gasteiger partial charge in [0.2, 0.25) is 0 Å². The lowest BCUT2D eigenvalue weighted by molar-refractivity contribution is -0.268. The summed E-state index contributed by atoms with van der Waals surface area (Å²) in [6, 6.07) is 9.82. The Bertz CT molecular complexity index is 734. The van der Waals surface area contributed by atoms with Crippen LogP contribution in [0, 0.1) is 5.82 Å². The fourth-order valence-electron chi connectivity index (χ4n) is 2.42. The molecule has 22 heavy (non-hydrogen) atoms. The average molecular weight is 302 g/mol. The molecule has 7 heteroatoms. The van der Waals surface area contributed by atoms with Crippen LogP contribution in [0.25, 0.3) is 0 Å². The zero-order valence-electron chi connectivity index (χ0n) is 11.4. The van der Waals surface area contributed by atoms with E-state index in [0.717, 1.165) is 0 Å². The molecule has 0 unspecified atom stereocenters. The van der Waals surface area contributed by atoms with E-state index in [2.05, 4.69) is 10.5 Å². The number of anilines is 1. The molecule has 1 aliphatic rings. The molecule has 0 bridgehead atoms. The summed E-state index contributed by atoms with van der Waals surface area (Å²) in [7, 11) is 0. The molecule has 1 heterocycles. The van der Waals surface area contributed by atoms with Gasteiger partial charge in [-0.25, -0.2) is 4.39 Å². The van der Waals surface area contributed by atoms with Gasteiger partial charge in [0.05, 0.1) is 17.4 Å². The SMILES string of the molecule is [O-]c1ccc(N(O)O)cc1C1=NN[C@@H](c2ccccc2F)C1. The van der Waals surface area contributed by atoms with Gasteiger partial charge < -0.3 is 10.5 Å². The van der Waals surface area contributed by atoms with E-state index in [9.17, 15) is 9.50 Å². The molecule has 0 saturated heterocycles. The van der Waals surface area contributed by atoms with E-state index in [1.165, 1.54) is 24.3 Å². The number of hydrazone groups is 1. The van der Waals surface area contributed by atoms with Gasteiger partial charge in [0.1, 0.15) is 5.82 Å². The lowest BCUT2D eigenvalue weighted by Gasteiger charge is -2.17. The molecule has 114 valence electrons. The molecule has 2 aromatic rings. The zero-order chi connectivity index (χ0) is 15.7. The highest BCUT2D eigenvalue weighted by Gasteiger charge is 2.24. The standard InChI is InChI=1S/C15H14FN3O3/c16-12-4-2-1-3-10(12)13-8-14(18-17-13)11-7-9(19(21)22)5-6-15(11)20/h1-7,13,17,20-22H,8H2/p-1/t13-/m1/s1. The summed E-state index contributed by atoms with van der Waals surface area (Å²) in [4.78, 5) is 0. The number of nitrogens with zero attached hydrogens (tertiary/aromatic N) is 2. The van der Waals surface area contributed by atoms with Crippen molar-refractivity contribution in [3.8, 4) is 5.75 Å². The van der Waals surface area contributed by atoms with Gasteiger partial charge in [-0.1, -0.05) is 30.0 Å². The minimum Gasteiger partial charge on any atom is -0.872 e. The van der Waals surface area contributed by atoms with Crippen LogP contribution in [0.3, 0.4) is 0 Å². The summed E-state index contributed by atoms with van der Waals surface area (Å²) in [6.45, 7) is 0. The van der Waals surface area contributed by atoms with Crippen LogP contribution < -0.4 is 15.8 Å². The third-order valence-corrected chi connectivity index (χ3v) is 3.54. The Balaban J connectivity index is 1.87. The number of halogens is 1. The topological polar surface area (TPSA) is 91.2 Å². The minimum absolute atomic E-state index is 0.0478. The average Bonchev–Trinajstić information content (AvgIpc) is 2.97. The molecule has 3 N–H and O–H groups in total. The molecule has 6 nitrogen and oxygen atoms in total. The van der Waals surface area contributed by atoms with Gasteiger partial charge in [-0.15, -0.1) is 5.23 Å². The van der Waals surface area contributed by atoms with Crippen molar-refractivity contribution in [2.24, 2.45) is 5.10 Å². The van der Waals surface area contributed by atoms with Crippen LogP contribution in [0.5, 0.6) is 5.75 Å². The summed E-state index contributed by atoms with van der Waals surface area (Å²) in [6.07, 6.45) is 0.330. The molecule has 0 aliphatic carbocycles. The molecule has 0 spiro atoms. The van der Waals surface area contributed by atoms with Crippen LogP contribution in [0.4, 0.5) is 10.1 Å². The van der Waals surface area contributed by atoms with Gasteiger partial charge in [0, 0.05) is 12.0 Å². The number of benzene rings is 2. The van der Waals surface area contributed by atoms with E-state index in [4.69, 9.17) is 10.4 Å². The number of hydrogen-bond donors (Lipinski definition) is 3. The maximum Gasteiger partial charge on any atom is 0.128 e. The van der Waals surface area contributed by atoms with Crippen LogP contribution in [0.1, 0.15) is 23.6 Å². The van der Waals surface area contributed by atoms with E-state index in [1.807, 2.05) is 0 Å². The smallest absolute Gasteiger partial charge is 0.128 e. The first-order valence-corrected chi connectivity index (χ1v) is 6.62. The number of nitrogens with one attached hydrogen (secondary N) is 1. The molecule has 3 rings (SSSR count). The number of rotatable bonds is 3. The second kappa shape index (κ2) is 5.63. The lowest BCUT2D eigenvalue weighted by atomic mass is 9.98. The first-order valence-electron chi connectivity index (χ1n) is 6.62. The number of hydrogen-bond acceptors (Lipinski definition) is 6. The Morgan fingerprint density at radius 1 is 1.23 bits per heavy atom. The van der Waals surface area contributed by atoms with Gasteiger partial charge in [-0.3, -0.25) is 10.4 Å². The highest BCUT2D eigenvalue weighted by molar-refractivity contribution is 6.04. The van der Waals surface area contributed by atoms with Crippen LogP contribution >= 0.6 is 0 Å². The van der Waals surface area contributed by atoms with Crippen molar-refractivity contribution < 1.29 is 19.9 Å². The maximum absolute atomic E-state index is 13.8. The van der Waals surface area contributed by atoms with E-state index < -0.39 is 0 Å². The molecular formula is C15H13FN3O3-. The van der Waals surface area contributed by atoms with Crippen molar-refractivity contribution in [2.75, 3.05) is 5.23 Å². The third-order valence-electron chi connectivity index (χ3n) is 3.54. The first-order chi connectivity index (χ1) is 10.6. The Kier molecular flexibility index (Phi) is 3.66. The van der Waals surface area contributed by atoms with Crippen LogP contribution in [0.15, 0.2) is 47.6 Å². The molecule has 0 amide bonds. The third kappa shape index (κ3) is 2.59. The van der Waals surface area contributed by atoms with Crippen LogP contribution in [-0.2, 0) is 0 Å². The van der Waals surface area contributed by atoms with Gasteiger partial charge >= 0.3 is 0 Å². The summed E-state index contributed by atoms with van der Waals surface area (Å²) in [5.41, 5.74) is 4.02. The lowest BCUT2D eigenvalue weighted by Crippen LogP contribution is -2.13. The molecule has 0 fully saturated rings. The van der Waals surface area contributed by atoms with Crippen molar-refractivity contribution in [3.05, 3.63) is 59.4 Å². The predicted octanol–water partition coefficient (Wildman–Crippen LogP) is 1.92. The first kappa shape index (κ1) is 14.3. The van der Waals surface area contributed by atoms with Crippen LogP contribution in [-0.4, -0.2) is 16.1 Å². The Morgan fingerprint density at radius 3 is 2.73 bits per heavy atom. The predicted molar refractivity (Wildman–Crippen MR) is 75.4 cm³/mol. The molecule has 0 aromatic heterocycles. The Hall–Kier alpha value is -2.64. The molecule has 0 saturated carbocycles. The van der Waals surface area contributed by atoms with E-state index >= 15 is 0 Å². The van der Waals surface area contributed by atoms with Gasteiger partial charge in [-0.05, 0) is 23.8 Å². The zero-order valence-corrected chi connectivity index (χ0v) is 11.4. The van der Waals surface area contributed by atoms with E-state index in [0.29, 0.717) is 17.7 Å². The Labute approximate surface area is 125 Å². The molecule has 1 atom stereocenters. The molecule has 0 radical (unpaired) electrons. The Morgan fingerprint density at radius 2 is 2.00 bits per heavy atom. The van der Waals surface area contributed by atoms with Crippen molar-refractivity contribution in [3.63, 3.8) is 0 Å². The monoisotopic (exact) mass is 302 g/mol. The van der Waals surface area contributed by atoms with E-state index in [1.54, 1.807) is 18.2 Å². The molecule has 2 aromatic carbocycles. The maximum atomic E-state index is 13.8. The van der Waals surface area contributed by atoms with Crippen molar-refractivity contribution in [1.29, 1.82) is 0 Å². The summed E-state index contributed by atoms with van der Waals surface area (Å²) >= 11 is 0.